The lowest BCUT2D eigenvalue weighted by atomic mass is 9.91. The molecule has 0 heterocycles. The topological polar surface area (TPSA) is 17.1 Å². The van der Waals surface area contributed by atoms with Crippen molar-refractivity contribution in [1.29, 1.82) is 0 Å². The predicted octanol–water partition coefficient (Wildman–Crippen LogP) is 5.55. The Kier molecular flexibility index (Phi) is 8.53. The van der Waals surface area contributed by atoms with Crippen molar-refractivity contribution >= 4 is 28.4 Å². The highest BCUT2D eigenvalue weighted by Gasteiger charge is 2.31. The van der Waals surface area contributed by atoms with Gasteiger partial charge in [-0.15, -0.1) is 0 Å². The van der Waals surface area contributed by atoms with Gasteiger partial charge >= 0.3 is 0 Å². The van der Waals surface area contributed by atoms with Crippen molar-refractivity contribution in [3.8, 4) is 0 Å². The Morgan fingerprint density at radius 3 is 2.44 bits per heavy atom. The zero-order valence-corrected chi connectivity index (χ0v) is 14.2. The molecule has 3 atom stereocenters. The van der Waals surface area contributed by atoms with Crippen molar-refractivity contribution in [2.45, 2.75) is 82.0 Å². The summed E-state index contributed by atoms with van der Waals surface area (Å²) in [6.45, 7) is 4.59. The van der Waals surface area contributed by atoms with Crippen LogP contribution in [0.1, 0.15) is 78.1 Å². The molecule has 0 bridgehead atoms. The summed E-state index contributed by atoms with van der Waals surface area (Å²) in [6.07, 6.45) is 11.8. The number of ketones is 1. The number of hydrogen-bond acceptors (Lipinski definition) is 1. The van der Waals surface area contributed by atoms with Crippen LogP contribution < -0.4 is 0 Å². The van der Waals surface area contributed by atoms with Crippen LogP contribution in [-0.4, -0.2) is 9.71 Å². The van der Waals surface area contributed by atoms with Gasteiger partial charge in [0.25, 0.3) is 0 Å². The summed E-state index contributed by atoms with van der Waals surface area (Å²) < 4.78 is 0.815. The second-order valence-electron chi connectivity index (χ2n) is 5.98. The maximum absolute atomic E-state index is 11.8. The van der Waals surface area contributed by atoms with Crippen LogP contribution in [0.5, 0.6) is 0 Å². The molecule has 106 valence electrons. The number of carbonyl (C=O) groups excluding carboxylic acids is 1. The van der Waals surface area contributed by atoms with Crippen molar-refractivity contribution in [3.63, 3.8) is 0 Å². The first-order valence-corrected chi connectivity index (χ1v) is 9.05. The van der Waals surface area contributed by atoms with E-state index in [1.54, 1.807) is 0 Å². The van der Waals surface area contributed by atoms with E-state index in [1.807, 2.05) is 0 Å². The molecule has 0 radical (unpaired) electrons. The molecule has 0 aromatic heterocycles. The highest BCUT2D eigenvalue weighted by atomic mass is 127. The third-order valence-corrected chi connectivity index (χ3v) is 5.96. The standard InChI is InChI=1S/C16H29IO/c1-3-4-5-6-7-8-14(18)10-11-15-13(2)9-12-16(15)17/h13,15-16H,3-12H2,1-2H3/t13?,15-,16?/m1/s1. The molecule has 1 nitrogen and oxygen atoms in total. The highest BCUT2D eigenvalue weighted by Crippen LogP contribution is 2.39. The molecule has 1 saturated carbocycles. The van der Waals surface area contributed by atoms with Crippen LogP contribution in [0.3, 0.4) is 0 Å². The van der Waals surface area contributed by atoms with E-state index in [4.69, 9.17) is 0 Å². The number of unbranched alkanes of at least 4 members (excludes halogenated alkanes) is 4. The van der Waals surface area contributed by atoms with Gasteiger partial charge in [0.05, 0.1) is 0 Å². The molecule has 0 aromatic rings. The third kappa shape index (κ3) is 6.03. The van der Waals surface area contributed by atoms with Crippen molar-refractivity contribution in [2.24, 2.45) is 11.8 Å². The molecule has 1 fully saturated rings. The number of carbonyl (C=O) groups is 1. The van der Waals surface area contributed by atoms with Crippen LogP contribution in [0.4, 0.5) is 0 Å². The molecule has 0 aromatic carbocycles. The zero-order valence-electron chi connectivity index (χ0n) is 12.1. The first kappa shape index (κ1) is 16.5. The third-order valence-electron chi connectivity index (χ3n) is 4.41. The van der Waals surface area contributed by atoms with Gasteiger partial charge in [0.15, 0.2) is 0 Å². The Bertz CT molecular complexity index is 229. The first-order chi connectivity index (χ1) is 8.65. The van der Waals surface area contributed by atoms with E-state index >= 15 is 0 Å². The van der Waals surface area contributed by atoms with Crippen molar-refractivity contribution in [3.05, 3.63) is 0 Å². The molecule has 18 heavy (non-hydrogen) atoms. The molecule has 0 amide bonds. The second kappa shape index (κ2) is 9.33. The van der Waals surface area contributed by atoms with Crippen LogP contribution in [0.2, 0.25) is 0 Å². The summed E-state index contributed by atoms with van der Waals surface area (Å²) in [5, 5.41) is 0. The molecule has 1 rings (SSSR count). The number of halogens is 1. The van der Waals surface area contributed by atoms with E-state index in [0.717, 1.165) is 41.4 Å². The molecule has 2 unspecified atom stereocenters. The predicted molar refractivity (Wildman–Crippen MR) is 87.3 cm³/mol. The van der Waals surface area contributed by atoms with E-state index in [2.05, 4.69) is 36.4 Å². The van der Waals surface area contributed by atoms with Gasteiger partial charge < -0.3 is 0 Å². The van der Waals surface area contributed by atoms with Crippen LogP contribution in [0.15, 0.2) is 0 Å². The normalized spacial score (nSPS) is 27.6. The lowest BCUT2D eigenvalue weighted by Gasteiger charge is -2.18. The quantitative estimate of drug-likeness (QED) is 0.298. The Labute approximate surface area is 127 Å². The van der Waals surface area contributed by atoms with E-state index in [9.17, 15) is 4.79 Å². The maximum atomic E-state index is 11.8. The van der Waals surface area contributed by atoms with Gasteiger partial charge in [0.1, 0.15) is 5.78 Å². The maximum Gasteiger partial charge on any atom is 0.132 e. The first-order valence-electron chi connectivity index (χ1n) is 7.81. The lowest BCUT2D eigenvalue weighted by molar-refractivity contribution is -0.119. The molecule has 0 spiro atoms. The molecule has 0 saturated heterocycles. The van der Waals surface area contributed by atoms with Crippen LogP contribution >= 0.6 is 22.6 Å². The number of Topliss-reactive ketones (excluding diaryl/α,β-unsaturated/α-hetero) is 1. The van der Waals surface area contributed by atoms with Crippen LogP contribution in [0.25, 0.3) is 0 Å². The summed E-state index contributed by atoms with van der Waals surface area (Å²) in [4.78, 5) is 11.8. The summed E-state index contributed by atoms with van der Waals surface area (Å²) in [6, 6.07) is 0. The Morgan fingerprint density at radius 2 is 1.83 bits per heavy atom. The van der Waals surface area contributed by atoms with E-state index in [1.165, 1.54) is 38.5 Å². The van der Waals surface area contributed by atoms with Crippen molar-refractivity contribution < 1.29 is 4.79 Å². The minimum absolute atomic E-state index is 0.509. The smallest absolute Gasteiger partial charge is 0.132 e. The van der Waals surface area contributed by atoms with Crippen LogP contribution in [0, 0.1) is 11.8 Å². The minimum Gasteiger partial charge on any atom is -0.300 e. The molecular formula is C16H29IO. The van der Waals surface area contributed by atoms with Gasteiger partial charge in [-0.05, 0) is 37.5 Å². The molecular weight excluding hydrogens is 335 g/mol. The Balaban J connectivity index is 2.06. The van der Waals surface area contributed by atoms with Gasteiger partial charge in [-0.2, -0.15) is 0 Å². The number of hydrogen-bond donors (Lipinski definition) is 0. The minimum atomic E-state index is 0.509. The van der Waals surface area contributed by atoms with Gasteiger partial charge in [-0.1, -0.05) is 62.1 Å². The zero-order chi connectivity index (χ0) is 13.4. The molecule has 2 heteroatoms. The van der Waals surface area contributed by atoms with Crippen molar-refractivity contribution in [1.82, 2.24) is 0 Å². The van der Waals surface area contributed by atoms with E-state index < -0.39 is 0 Å². The number of rotatable bonds is 9. The average Bonchev–Trinajstić information content (AvgIpc) is 2.66. The fraction of sp³-hybridized carbons (Fsp3) is 0.938. The monoisotopic (exact) mass is 364 g/mol. The SMILES string of the molecule is CCCCCCCC(=O)CC[C@@H]1C(C)CCC1I. The summed E-state index contributed by atoms with van der Waals surface area (Å²) >= 11 is 2.59. The Hall–Kier alpha value is 0.400. The number of alkyl halides is 1. The van der Waals surface area contributed by atoms with Crippen LogP contribution in [-0.2, 0) is 4.79 Å². The molecule has 1 aliphatic carbocycles. The molecule has 0 aliphatic heterocycles. The summed E-state index contributed by atoms with van der Waals surface area (Å²) in [7, 11) is 0. The van der Waals surface area contributed by atoms with Gasteiger partial charge in [0, 0.05) is 16.8 Å². The fourth-order valence-corrected chi connectivity index (χ4v) is 4.48. The fourth-order valence-electron chi connectivity index (χ4n) is 3.05. The van der Waals surface area contributed by atoms with Gasteiger partial charge in [-0.3, -0.25) is 4.79 Å². The second-order valence-corrected chi connectivity index (χ2v) is 7.58. The highest BCUT2D eigenvalue weighted by molar-refractivity contribution is 14.1. The summed E-state index contributed by atoms with van der Waals surface area (Å²) in [5.74, 6) is 2.15. The average molecular weight is 364 g/mol. The lowest BCUT2D eigenvalue weighted by Crippen LogP contribution is -2.14. The molecule has 0 N–H and O–H groups in total. The summed E-state index contributed by atoms with van der Waals surface area (Å²) in [5.41, 5.74) is 0. The van der Waals surface area contributed by atoms with Gasteiger partial charge in [0.2, 0.25) is 0 Å². The van der Waals surface area contributed by atoms with E-state index in [-0.39, 0.29) is 0 Å². The largest absolute Gasteiger partial charge is 0.300 e. The van der Waals surface area contributed by atoms with E-state index in [0.29, 0.717) is 5.78 Å². The Morgan fingerprint density at radius 1 is 1.11 bits per heavy atom. The molecule has 1 aliphatic rings. The van der Waals surface area contributed by atoms with Crippen molar-refractivity contribution in [2.75, 3.05) is 0 Å². The van der Waals surface area contributed by atoms with Gasteiger partial charge in [-0.25, -0.2) is 0 Å².